The number of oxime groups is 1. The highest BCUT2D eigenvalue weighted by molar-refractivity contribution is 5.84. The van der Waals surface area contributed by atoms with Crippen molar-refractivity contribution in [2.45, 2.75) is 13.3 Å². The molecule has 0 radical (unpaired) electrons. The molecule has 8 heteroatoms. The summed E-state index contributed by atoms with van der Waals surface area (Å²) in [5, 5.41) is 26.9. The molecule has 2 N–H and O–H groups in total. The van der Waals surface area contributed by atoms with Crippen molar-refractivity contribution in [3.8, 4) is 0 Å². The second-order valence-corrected chi connectivity index (χ2v) is 3.16. The Kier molecular flexibility index (Phi) is 3.83. The SMILES string of the molecule is C/C(CCN1CCN/C1=N\[N+](=O)[O-])=N\O. The minimum absolute atomic E-state index is 0.269. The minimum Gasteiger partial charge on any atom is -0.411 e. The van der Waals surface area contributed by atoms with Gasteiger partial charge in [-0.25, -0.2) is 10.1 Å². The zero-order valence-corrected chi connectivity index (χ0v) is 8.38. The summed E-state index contributed by atoms with van der Waals surface area (Å²) in [5.74, 6) is 0.269. The predicted molar refractivity (Wildman–Crippen MR) is 53.5 cm³/mol. The van der Waals surface area contributed by atoms with E-state index in [0.29, 0.717) is 31.8 Å². The lowest BCUT2D eigenvalue weighted by molar-refractivity contribution is -0.485. The third-order valence-electron chi connectivity index (χ3n) is 2.05. The van der Waals surface area contributed by atoms with E-state index in [1.807, 2.05) is 0 Å². The third kappa shape index (κ3) is 3.41. The molecule has 0 amide bonds. The van der Waals surface area contributed by atoms with Crippen LogP contribution in [0, 0.1) is 10.1 Å². The highest BCUT2D eigenvalue weighted by atomic mass is 16.7. The Bertz CT molecular complexity index is 301. The number of guanidine groups is 1. The van der Waals surface area contributed by atoms with Gasteiger partial charge in [0.05, 0.1) is 5.71 Å². The number of hydrazone groups is 1. The smallest absolute Gasteiger partial charge is 0.271 e. The molecule has 1 aliphatic heterocycles. The van der Waals surface area contributed by atoms with Gasteiger partial charge in [-0.3, -0.25) is 0 Å². The van der Waals surface area contributed by atoms with Crippen LogP contribution in [0.1, 0.15) is 13.3 Å². The molecule has 0 unspecified atom stereocenters. The lowest BCUT2D eigenvalue weighted by atomic mass is 10.3. The largest absolute Gasteiger partial charge is 0.411 e. The molecule has 0 bridgehead atoms. The topological polar surface area (TPSA) is 103 Å². The first-order valence-corrected chi connectivity index (χ1v) is 4.53. The molecule has 1 heterocycles. The number of hydrogen-bond acceptors (Lipinski definition) is 4. The van der Waals surface area contributed by atoms with Gasteiger partial charge in [-0.15, -0.1) is 0 Å². The van der Waals surface area contributed by atoms with Gasteiger partial charge >= 0.3 is 0 Å². The van der Waals surface area contributed by atoms with Crippen LogP contribution in [0.4, 0.5) is 0 Å². The van der Waals surface area contributed by atoms with Crippen LogP contribution in [0.25, 0.3) is 0 Å². The maximum absolute atomic E-state index is 10.2. The first-order chi connectivity index (χ1) is 7.13. The molecule has 0 saturated carbocycles. The highest BCUT2D eigenvalue weighted by Crippen LogP contribution is 2.00. The molecule has 0 aliphatic carbocycles. The molecular weight excluding hydrogens is 202 g/mol. The molecule has 1 aliphatic rings. The van der Waals surface area contributed by atoms with E-state index in [1.54, 1.807) is 11.8 Å². The number of nitrogens with one attached hydrogen (secondary N) is 1. The zero-order valence-electron chi connectivity index (χ0n) is 8.38. The maximum Gasteiger partial charge on any atom is 0.271 e. The van der Waals surface area contributed by atoms with E-state index in [-0.39, 0.29) is 5.96 Å². The molecule has 0 aromatic heterocycles. The van der Waals surface area contributed by atoms with E-state index in [0.717, 1.165) is 0 Å². The number of hydrogen-bond donors (Lipinski definition) is 2. The molecule has 15 heavy (non-hydrogen) atoms. The van der Waals surface area contributed by atoms with Crippen molar-refractivity contribution in [3.05, 3.63) is 10.1 Å². The molecule has 1 saturated heterocycles. The first-order valence-electron chi connectivity index (χ1n) is 4.53. The van der Waals surface area contributed by atoms with E-state index in [2.05, 4.69) is 15.6 Å². The molecule has 1 rings (SSSR count). The first kappa shape index (κ1) is 11.2. The van der Waals surface area contributed by atoms with Crippen molar-refractivity contribution in [2.24, 2.45) is 10.3 Å². The van der Waals surface area contributed by atoms with Crippen LogP contribution in [0.15, 0.2) is 10.3 Å². The van der Waals surface area contributed by atoms with E-state index in [9.17, 15) is 10.1 Å². The van der Waals surface area contributed by atoms with Gasteiger partial charge in [0.25, 0.3) is 5.96 Å². The Morgan fingerprint density at radius 3 is 3.13 bits per heavy atom. The molecule has 0 spiro atoms. The van der Waals surface area contributed by atoms with E-state index < -0.39 is 5.03 Å². The summed E-state index contributed by atoms with van der Waals surface area (Å²) < 4.78 is 0. The predicted octanol–water partition coefficient (Wildman–Crippen LogP) is -0.321. The van der Waals surface area contributed by atoms with Gasteiger partial charge in [0.2, 0.25) is 0 Å². The zero-order chi connectivity index (χ0) is 11.3. The van der Waals surface area contributed by atoms with Crippen LogP contribution in [0.5, 0.6) is 0 Å². The lowest BCUT2D eigenvalue weighted by Crippen LogP contribution is -2.32. The monoisotopic (exact) mass is 215 g/mol. The van der Waals surface area contributed by atoms with Gasteiger partial charge in [0, 0.05) is 26.1 Å². The Morgan fingerprint density at radius 1 is 1.80 bits per heavy atom. The summed E-state index contributed by atoms with van der Waals surface area (Å²) in [4.78, 5) is 11.9. The van der Waals surface area contributed by atoms with Gasteiger partial charge in [0.15, 0.2) is 5.03 Å². The van der Waals surface area contributed by atoms with Gasteiger partial charge in [-0.2, -0.15) is 0 Å². The number of rotatable bonds is 4. The second-order valence-electron chi connectivity index (χ2n) is 3.16. The Labute approximate surface area is 86.4 Å². The Hall–Kier alpha value is -1.86. The van der Waals surface area contributed by atoms with E-state index >= 15 is 0 Å². The van der Waals surface area contributed by atoms with Crippen LogP contribution in [0.2, 0.25) is 0 Å². The summed E-state index contributed by atoms with van der Waals surface area (Å²) in [6.45, 7) is 3.55. The fourth-order valence-corrected chi connectivity index (χ4v) is 1.26. The van der Waals surface area contributed by atoms with Gasteiger partial charge in [-0.1, -0.05) is 5.16 Å². The molecular formula is C7H13N5O3. The third-order valence-corrected chi connectivity index (χ3v) is 2.05. The highest BCUT2D eigenvalue weighted by Gasteiger charge is 2.20. The second kappa shape index (κ2) is 5.13. The normalized spacial score (nSPS) is 19.4. The summed E-state index contributed by atoms with van der Waals surface area (Å²) in [6, 6.07) is 0. The van der Waals surface area contributed by atoms with Gasteiger partial charge in [0.1, 0.15) is 5.10 Å². The quantitative estimate of drug-likeness (QED) is 0.289. The fraction of sp³-hybridized carbons (Fsp3) is 0.714. The molecule has 0 aromatic rings. The molecule has 0 atom stereocenters. The van der Waals surface area contributed by atoms with Crippen LogP contribution in [-0.4, -0.2) is 46.4 Å². The summed E-state index contributed by atoms with van der Waals surface area (Å²) >= 11 is 0. The van der Waals surface area contributed by atoms with E-state index in [1.165, 1.54) is 0 Å². The summed E-state index contributed by atoms with van der Waals surface area (Å²) in [7, 11) is 0. The minimum atomic E-state index is -0.729. The van der Waals surface area contributed by atoms with Crippen molar-refractivity contribution >= 4 is 11.7 Å². The average Bonchev–Trinajstić information content (AvgIpc) is 2.61. The number of nitro groups is 1. The molecule has 1 fully saturated rings. The van der Waals surface area contributed by atoms with Crippen molar-refractivity contribution in [2.75, 3.05) is 19.6 Å². The van der Waals surface area contributed by atoms with Gasteiger partial charge in [-0.05, 0) is 6.92 Å². The van der Waals surface area contributed by atoms with Gasteiger partial charge < -0.3 is 15.4 Å². The lowest BCUT2D eigenvalue weighted by Gasteiger charge is -2.14. The molecule has 0 aromatic carbocycles. The van der Waals surface area contributed by atoms with Crippen LogP contribution in [0.3, 0.4) is 0 Å². The van der Waals surface area contributed by atoms with Crippen LogP contribution < -0.4 is 5.32 Å². The molecule has 84 valence electrons. The van der Waals surface area contributed by atoms with Crippen LogP contribution in [-0.2, 0) is 0 Å². The van der Waals surface area contributed by atoms with Crippen molar-refractivity contribution in [1.82, 2.24) is 10.2 Å². The average molecular weight is 215 g/mol. The van der Waals surface area contributed by atoms with Crippen molar-refractivity contribution in [3.63, 3.8) is 0 Å². The molecule has 8 nitrogen and oxygen atoms in total. The van der Waals surface area contributed by atoms with Crippen LogP contribution >= 0.6 is 0 Å². The Morgan fingerprint density at radius 2 is 2.53 bits per heavy atom. The maximum atomic E-state index is 10.2. The summed E-state index contributed by atoms with van der Waals surface area (Å²) in [6.07, 6.45) is 0.551. The fourth-order valence-electron chi connectivity index (χ4n) is 1.26. The standard InChI is InChI=1S/C7H13N5O3/c1-6(10-13)2-4-11-5-3-8-7(11)9-12(14)15/h13H,2-5H2,1H3,(H,8,9)/b10-6+. The Balaban J connectivity index is 2.50. The van der Waals surface area contributed by atoms with Crippen molar-refractivity contribution < 1.29 is 10.2 Å². The number of nitrogens with zero attached hydrogens (tertiary/aromatic N) is 4. The van der Waals surface area contributed by atoms with E-state index in [4.69, 9.17) is 5.21 Å². The summed E-state index contributed by atoms with van der Waals surface area (Å²) in [5.41, 5.74) is 0.586. The van der Waals surface area contributed by atoms with Crippen molar-refractivity contribution in [1.29, 1.82) is 0 Å².